The monoisotopic (exact) mass is 385 g/mol. The van der Waals surface area contributed by atoms with Crippen molar-refractivity contribution in [3.05, 3.63) is 34.4 Å². The van der Waals surface area contributed by atoms with Gasteiger partial charge >= 0.3 is 0 Å². The maximum atomic E-state index is 13.2. The third-order valence-corrected chi connectivity index (χ3v) is 7.90. The van der Waals surface area contributed by atoms with Gasteiger partial charge in [-0.3, -0.25) is 10.1 Å². The molecule has 3 rings (SSSR count). The third-order valence-electron chi connectivity index (χ3n) is 4.70. The molecule has 1 unspecified atom stereocenters. The molecule has 0 bridgehead atoms. The number of hydrogen-bond acceptors (Lipinski definition) is 6. The standard InChI is InChI=1S/C16H23N3O4S2/c20-19(21)15-6-1-2-7-16(15)25(22,23)18-10-5-11-24-13-14(18)12-17-8-3-4-9-17/h1-2,6-7,14H,3-5,8-13H2. The zero-order valence-corrected chi connectivity index (χ0v) is 15.7. The minimum Gasteiger partial charge on any atom is -0.302 e. The van der Waals surface area contributed by atoms with Crippen molar-refractivity contribution in [1.82, 2.24) is 9.21 Å². The molecule has 9 heteroatoms. The molecule has 2 saturated heterocycles. The Hall–Kier alpha value is -1.16. The molecule has 1 atom stereocenters. The molecule has 0 aromatic heterocycles. The third kappa shape index (κ3) is 4.16. The first-order valence-corrected chi connectivity index (χ1v) is 11.1. The van der Waals surface area contributed by atoms with E-state index in [0.29, 0.717) is 13.1 Å². The maximum Gasteiger partial charge on any atom is 0.289 e. The van der Waals surface area contributed by atoms with Crippen molar-refractivity contribution in [3.63, 3.8) is 0 Å². The predicted molar refractivity (Wildman–Crippen MR) is 98.4 cm³/mol. The van der Waals surface area contributed by atoms with E-state index in [1.165, 1.54) is 22.5 Å². The molecule has 2 heterocycles. The van der Waals surface area contributed by atoms with Crippen LogP contribution in [0.25, 0.3) is 0 Å². The molecular formula is C16H23N3O4S2. The molecule has 1 aromatic rings. The highest BCUT2D eigenvalue weighted by Gasteiger charge is 2.37. The fourth-order valence-electron chi connectivity index (χ4n) is 3.48. The molecule has 2 fully saturated rings. The van der Waals surface area contributed by atoms with E-state index in [4.69, 9.17) is 0 Å². The molecule has 1 aromatic carbocycles. The summed E-state index contributed by atoms with van der Waals surface area (Å²) < 4.78 is 28.0. The van der Waals surface area contributed by atoms with Crippen LogP contribution in [0.5, 0.6) is 0 Å². The number of nitro benzene ring substituents is 1. The Bertz CT molecular complexity index is 720. The number of hydrogen-bond donors (Lipinski definition) is 0. The van der Waals surface area contributed by atoms with Crippen molar-refractivity contribution >= 4 is 27.5 Å². The smallest absolute Gasteiger partial charge is 0.289 e. The van der Waals surface area contributed by atoms with Crippen LogP contribution in [0.2, 0.25) is 0 Å². The molecule has 0 saturated carbocycles. The van der Waals surface area contributed by atoms with Crippen LogP contribution in [0, 0.1) is 10.1 Å². The van der Waals surface area contributed by atoms with E-state index >= 15 is 0 Å². The zero-order valence-electron chi connectivity index (χ0n) is 14.0. The number of nitrogens with zero attached hydrogens (tertiary/aromatic N) is 3. The number of sulfonamides is 1. The highest BCUT2D eigenvalue weighted by molar-refractivity contribution is 7.99. The van der Waals surface area contributed by atoms with Crippen LogP contribution < -0.4 is 0 Å². The summed E-state index contributed by atoms with van der Waals surface area (Å²) >= 11 is 1.77. The van der Waals surface area contributed by atoms with E-state index in [9.17, 15) is 18.5 Å². The molecule has 0 radical (unpaired) electrons. The number of likely N-dealkylation sites (tertiary alicyclic amines) is 1. The van der Waals surface area contributed by atoms with Gasteiger partial charge in [0.25, 0.3) is 5.69 Å². The number of rotatable bonds is 5. The van der Waals surface area contributed by atoms with Crippen LogP contribution in [0.4, 0.5) is 5.69 Å². The fourth-order valence-corrected chi connectivity index (χ4v) is 6.45. The van der Waals surface area contributed by atoms with Gasteiger partial charge < -0.3 is 4.90 Å². The van der Waals surface area contributed by atoms with Gasteiger partial charge in [0, 0.05) is 31.0 Å². The maximum absolute atomic E-state index is 13.2. The molecule has 7 nitrogen and oxygen atoms in total. The van der Waals surface area contributed by atoms with Crippen molar-refractivity contribution in [2.24, 2.45) is 0 Å². The Morgan fingerprint density at radius 2 is 1.88 bits per heavy atom. The summed E-state index contributed by atoms with van der Waals surface area (Å²) in [4.78, 5) is 12.8. The Labute approximate surface area is 152 Å². The minimum absolute atomic E-state index is 0.143. The summed E-state index contributed by atoms with van der Waals surface area (Å²) in [5.41, 5.74) is -0.348. The van der Waals surface area contributed by atoms with Crippen molar-refractivity contribution in [3.8, 4) is 0 Å². The normalized spacial score (nSPS) is 23.4. The van der Waals surface area contributed by atoms with Gasteiger partial charge in [0.05, 0.1) is 4.92 Å². The number of benzene rings is 1. The van der Waals surface area contributed by atoms with E-state index in [2.05, 4.69) is 4.90 Å². The van der Waals surface area contributed by atoms with Gasteiger partial charge in [-0.05, 0) is 44.2 Å². The molecule has 0 amide bonds. The van der Waals surface area contributed by atoms with Gasteiger partial charge in [-0.1, -0.05) is 12.1 Å². The van der Waals surface area contributed by atoms with Gasteiger partial charge in [0.2, 0.25) is 10.0 Å². The lowest BCUT2D eigenvalue weighted by atomic mass is 10.3. The second-order valence-corrected chi connectivity index (χ2v) is 9.44. The zero-order chi connectivity index (χ0) is 17.9. The van der Waals surface area contributed by atoms with E-state index in [0.717, 1.165) is 43.9 Å². The number of para-hydroxylation sites is 1. The van der Waals surface area contributed by atoms with Gasteiger partial charge in [-0.2, -0.15) is 16.1 Å². The largest absolute Gasteiger partial charge is 0.302 e. The lowest BCUT2D eigenvalue weighted by molar-refractivity contribution is -0.387. The van der Waals surface area contributed by atoms with Crippen LogP contribution in [0.3, 0.4) is 0 Å². The molecule has 2 aliphatic rings. The van der Waals surface area contributed by atoms with Crippen molar-refractivity contribution < 1.29 is 13.3 Å². The van der Waals surface area contributed by atoms with Crippen molar-refractivity contribution in [2.45, 2.75) is 30.2 Å². The van der Waals surface area contributed by atoms with Crippen LogP contribution in [-0.2, 0) is 10.0 Å². The topological polar surface area (TPSA) is 83.8 Å². The molecular weight excluding hydrogens is 362 g/mol. The van der Waals surface area contributed by atoms with Gasteiger partial charge in [0.1, 0.15) is 0 Å². The van der Waals surface area contributed by atoms with E-state index in [1.807, 2.05) is 0 Å². The Morgan fingerprint density at radius 1 is 1.16 bits per heavy atom. The van der Waals surface area contributed by atoms with Crippen molar-refractivity contribution in [1.29, 1.82) is 0 Å². The summed E-state index contributed by atoms with van der Waals surface area (Å²) in [5.74, 6) is 1.65. The summed E-state index contributed by atoms with van der Waals surface area (Å²) in [7, 11) is -3.90. The first-order chi connectivity index (χ1) is 12.0. The SMILES string of the molecule is O=[N+]([O-])c1ccccc1S(=O)(=O)N1CCCSCC1CN1CCCC1. The lowest BCUT2D eigenvalue weighted by Gasteiger charge is -2.31. The predicted octanol–water partition coefficient (Wildman–Crippen LogP) is 2.19. The molecule has 138 valence electrons. The van der Waals surface area contributed by atoms with E-state index in [1.54, 1.807) is 17.8 Å². The lowest BCUT2D eigenvalue weighted by Crippen LogP contribution is -2.47. The summed E-state index contributed by atoms with van der Waals surface area (Å²) in [6, 6.07) is 5.50. The highest BCUT2D eigenvalue weighted by Crippen LogP contribution is 2.30. The number of thioether (sulfide) groups is 1. The second kappa shape index (κ2) is 8.03. The minimum atomic E-state index is -3.90. The van der Waals surface area contributed by atoms with Crippen LogP contribution in [0.15, 0.2) is 29.2 Å². The molecule has 25 heavy (non-hydrogen) atoms. The summed E-state index contributed by atoms with van der Waals surface area (Å²) in [6.45, 7) is 3.12. The first-order valence-electron chi connectivity index (χ1n) is 8.55. The molecule has 0 aliphatic carbocycles. The summed E-state index contributed by atoms with van der Waals surface area (Å²) in [5, 5.41) is 11.3. The van der Waals surface area contributed by atoms with E-state index in [-0.39, 0.29) is 16.6 Å². The Balaban J connectivity index is 1.93. The Kier molecular flexibility index (Phi) is 5.98. The Morgan fingerprint density at radius 3 is 2.60 bits per heavy atom. The first kappa shape index (κ1) is 18.6. The fraction of sp³-hybridized carbons (Fsp3) is 0.625. The van der Waals surface area contributed by atoms with Gasteiger partial charge in [-0.15, -0.1) is 0 Å². The van der Waals surface area contributed by atoms with Crippen LogP contribution >= 0.6 is 11.8 Å². The van der Waals surface area contributed by atoms with Crippen LogP contribution in [0.1, 0.15) is 19.3 Å². The average molecular weight is 386 g/mol. The second-order valence-electron chi connectivity index (χ2n) is 6.43. The quantitative estimate of drug-likeness (QED) is 0.571. The van der Waals surface area contributed by atoms with Gasteiger partial charge in [-0.25, -0.2) is 8.42 Å². The molecule has 0 spiro atoms. The highest BCUT2D eigenvalue weighted by atomic mass is 32.2. The number of nitro groups is 1. The van der Waals surface area contributed by atoms with Gasteiger partial charge in [0.15, 0.2) is 4.90 Å². The summed E-state index contributed by atoms with van der Waals surface area (Å²) in [6.07, 6.45) is 3.06. The average Bonchev–Trinajstić information content (AvgIpc) is 2.98. The van der Waals surface area contributed by atoms with Crippen LogP contribution in [-0.4, -0.2) is 66.3 Å². The molecule has 0 N–H and O–H groups in total. The molecule has 2 aliphatic heterocycles. The van der Waals surface area contributed by atoms with Crippen molar-refractivity contribution in [2.75, 3.05) is 37.7 Å². The van der Waals surface area contributed by atoms with E-state index < -0.39 is 14.9 Å².